The molecule has 1 aromatic carbocycles. The highest BCUT2D eigenvalue weighted by Crippen LogP contribution is 2.31. The van der Waals surface area contributed by atoms with E-state index < -0.39 is 10.0 Å². The smallest absolute Gasteiger partial charge is 0.247 e. The number of hydrogen-bond donors (Lipinski definition) is 1. The van der Waals surface area contributed by atoms with Crippen molar-refractivity contribution in [3.63, 3.8) is 0 Å². The molecule has 0 bridgehead atoms. The van der Waals surface area contributed by atoms with E-state index in [1.54, 1.807) is 24.1 Å². The molecule has 0 unspecified atom stereocenters. The largest absolute Gasteiger partial charge is 0.497 e. The molecule has 0 saturated carbocycles. The third kappa shape index (κ3) is 4.75. The number of hydrogen-bond acceptors (Lipinski definition) is 6. The molecule has 142 valence electrons. The van der Waals surface area contributed by atoms with Crippen LogP contribution in [0.3, 0.4) is 0 Å². The second-order valence-electron chi connectivity index (χ2n) is 5.33. The van der Waals surface area contributed by atoms with Crippen LogP contribution >= 0.6 is 12.4 Å². The van der Waals surface area contributed by atoms with Crippen molar-refractivity contribution in [1.29, 1.82) is 0 Å². The molecule has 8 nitrogen and oxygen atoms in total. The number of amides is 1. The average molecular weight is 394 g/mol. The van der Waals surface area contributed by atoms with Crippen molar-refractivity contribution in [2.24, 2.45) is 0 Å². The zero-order valence-electron chi connectivity index (χ0n) is 14.5. The topological polar surface area (TPSA) is 88.2 Å². The van der Waals surface area contributed by atoms with Crippen LogP contribution in [0.5, 0.6) is 11.5 Å². The van der Waals surface area contributed by atoms with Crippen molar-refractivity contribution < 1.29 is 22.7 Å². The average Bonchev–Trinajstić information content (AvgIpc) is 2.61. The van der Waals surface area contributed by atoms with E-state index in [4.69, 9.17) is 9.47 Å². The maximum absolute atomic E-state index is 12.9. The monoisotopic (exact) mass is 393 g/mol. The molecule has 0 aliphatic carbocycles. The van der Waals surface area contributed by atoms with Gasteiger partial charge < -0.3 is 19.7 Å². The standard InChI is InChI=1S/C15H23N3O5S.ClH/c1-16-11-15(19)17-6-8-18(9-7-17)24(20,21)14-10-12(22-2)4-5-13(14)23-3;/h4-5,10,16H,6-9,11H2,1-3H3;1H. The third-order valence-electron chi connectivity index (χ3n) is 3.91. The molecule has 25 heavy (non-hydrogen) atoms. The van der Waals surface area contributed by atoms with E-state index in [0.29, 0.717) is 18.8 Å². The van der Waals surface area contributed by atoms with Crippen molar-refractivity contribution in [3.05, 3.63) is 18.2 Å². The van der Waals surface area contributed by atoms with Crippen LogP contribution in [-0.2, 0) is 14.8 Å². The third-order valence-corrected chi connectivity index (χ3v) is 5.83. The molecule has 0 atom stereocenters. The Labute approximate surface area is 154 Å². The van der Waals surface area contributed by atoms with Crippen molar-refractivity contribution in [1.82, 2.24) is 14.5 Å². The minimum Gasteiger partial charge on any atom is -0.497 e. The lowest BCUT2D eigenvalue weighted by Gasteiger charge is -2.34. The Balaban J connectivity index is 0.00000312. The summed E-state index contributed by atoms with van der Waals surface area (Å²) >= 11 is 0. The van der Waals surface area contributed by atoms with Gasteiger partial charge in [0.1, 0.15) is 16.4 Å². The van der Waals surface area contributed by atoms with Crippen LogP contribution in [0, 0.1) is 0 Å². The van der Waals surface area contributed by atoms with Crippen LogP contribution in [-0.4, -0.2) is 77.5 Å². The van der Waals surface area contributed by atoms with Crippen LogP contribution in [0.2, 0.25) is 0 Å². The van der Waals surface area contributed by atoms with Gasteiger partial charge in [-0.2, -0.15) is 4.31 Å². The summed E-state index contributed by atoms with van der Waals surface area (Å²) < 4.78 is 37.5. The SMILES string of the molecule is CNCC(=O)N1CCN(S(=O)(=O)c2cc(OC)ccc2OC)CC1.Cl. The van der Waals surface area contributed by atoms with E-state index >= 15 is 0 Å². The van der Waals surface area contributed by atoms with Crippen molar-refractivity contribution in [2.45, 2.75) is 4.90 Å². The fourth-order valence-corrected chi connectivity index (χ4v) is 4.16. The Morgan fingerprint density at radius 1 is 1.16 bits per heavy atom. The minimum atomic E-state index is -3.72. The number of sulfonamides is 1. The van der Waals surface area contributed by atoms with Crippen molar-refractivity contribution in [3.8, 4) is 11.5 Å². The summed E-state index contributed by atoms with van der Waals surface area (Å²) in [5.74, 6) is 0.676. The molecule has 1 aromatic rings. The Morgan fingerprint density at radius 3 is 2.32 bits per heavy atom. The predicted molar refractivity (Wildman–Crippen MR) is 96.1 cm³/mol. The molecule has 1 aliphatic heterocycles. The highest BCUT2D eigenvalue weighted by atomic mass is 35.5. The number of carbonyl (C=O) groups excluding carboxylic acids is 1. The van der Waals surface area contributed by atoms with Crippen LogP contribution < -0.4 is 14.8 Å². The van der Waals surface area contributed by atoms with Crippen LogP contribution in [0.25, 0.3) is 0 Å². The highest BCUT2D eigenvalue weighted by Gasteiger charge is 2.32. The van der Waals surface area contributed by atoms with Gasteiger partial charge in [0.25, 0.3) is 0 Å². The maximum Gasteiger partial charge on any atom is 0.247 e. The molecule has 1 fully saturated rings. The van der Waals surface area contributed by atoms with E-state index in [9.17, 15) is 13.2 Å². The lowest BCUT2D eigenvalue weighted by atomic mass is 10.3. The number of piperazine rings is 1. The number of benzene rings is 1. The summed E-state index contributed by atoms with van der Waals surface area (Å²) in [6, 6.07) is 4.66. The molecular formula is C15H24ClN3O5S. The second-order valence-corrected chi connectivity index (χ2v) is 7.24. The molecule has 0 radical (unpaired) electrons. The molecule has 2 rings (SSSR count). The van der Waals surface area contributed by atoms with Crippen molar-refractivity contribution in [2.75, 3.05) is 54.0 Å². The van der Waals surface area contributed by atoms with Gasteiger partial charge in [0.05, 0.1) is 20.8 Å². The van der Waals surface area contributed by atoms with Crippen LogP contribution in [0.4, 0.5) is 0 Å². The van der Waals surface area contributed by atoms with E-state index in [1.165, 1.54) is 24.6 Å². The summed E-state index contributed by atoms with van der Waals surface area (Å²) in [7, 11) is 0.880. The van der Waals surface area contributed by atoms with Crippen LogP contribution in [0.15, 0.2) is 23.1 Å². The Bertz CT molecular complexity index is 690. The van der Waals surface area contributed by atoms with Gasteiger partial charge in [-0.05, 0) is 19.2 Å². The summed E-state index contributed by atoms with van der Waals surface area (Å²) in [6.07, 6.45) is 0. The van der Waals surface area contributed by atoms with E-state index in [0.717, 1.165) is 0 Å². The van der Waals surface area contributed by atoms with E-state index in [1.807, 2.05) is 0 Å². The number of ether oxygens (including phenoxy) is 2. The Hall–Kier alpha value is -1.55. The molecule has 0 aromatic heterocycles. The van der Waals surface area contributed by atoms with E-state index in [2.05, 4.69) is 5.32 Å². The zero-order chi connectivity index (χ0) is 17.7. The Morgan fingerprint density at radius 2 is 1.80 bits per heavy atom. The number of rotatable bonds is 6. The summed E-state index contributed by atoms with van der Waals surface area (Å²) in [4.78, 5) is 13.6. The molecule has 0 spiro atoms. The molecular weight excluding hydrogens is 370 g/mol. The van der Waals surface area contributed by atoms with Gasteiger partial charge in [-0.3, -0.25) is 4.79 Å². The maximum atomic E-state index is 12.9. The minimum absolute atomic E-state index is 0. The molecule has 1 amide bonds. The van der Waals surface area contributed by atoms with Crippen LogP contribution in [0.1, 0.15) is 0 Å². The summed E-state index contributed by atoms with van der Waals surface area (Å²) in [6.45, 7) is 1.48. The highest BCUT2D eigenvalue weighted by molar-refractivity contribution is 7.89. The first-order valence-corrected chi connectivity index (χ1v) is 9.02. The van der Waals surface area contributed by atoms with E-state index in [-0.39, 0.29) is 48.6 Å². The quantitative estimate of drug-likeness (QED) is 0.741. The first-order chi connectivity index (χ1) is 11.4. The van der Waals surface area contributed by atoms with Gasteiger partial charge >= 0.3 is 0 Å². The van der Waals surface area contributed by atoms with Crippen molar-refractivity contribution >= 4 is 28.3 Å². The molecule has 1 saturated heterocycles. The number of halogens is 1. The molecule has 10 heteroatoms. The second kappa shape index (κ2) is 9.23. The van der Waals surface area contributed by atoms with Gasteiger partial charge in [-0.15, -0.1) is 12.4 Å². The lowest BCUT2D eigenvalue weighted by Crippen LogP contribution is -2.52. The zero-order valence-corrected chi connectivity index (χ0v) is 16.2. The number of methoxy groups -OCH3 is 2. The van der Waals surface area contributed by atoms with Gasteiger partial charge in [0, 0.05) is 32.2 Å². The van der Waals surface area contributed by atoms with Gasteiger partial charge in [0.15, 0.2) is 0 Å². The number of carbonyl (C=O) groups is 1. The Kier molecular flexibility index (Phi) is 7.94. The number of likely N-dealkylation sites (N-methyl/N-ethyl adjacent to an activating group) is 1. The van der Waals surface area contributed by atoms with Gasteiger partial charge in [0.2, 0.25) is 15.9 Å². The summed E-state index contributed by atoms with van der Waals surface area (Å²) in [5, 5.41) is 2.81. The van der Waals surface area contributed by atoms with Gasteiger partial charge in [-0.1, -0.05) is 0 Å². The molecule has 1 heterocycles. The fraction of sp³-hybridized carbons (Fsp3) is 0.533. The number of nitrogens with zero attached hydrogens (tertiary/aromatic N) is 2. The molecule has 1 aliphatic rings. The first kappa shape index (κ1) is 21.5. The predicted octanol–water partition coefficient (Wildman–Crippen LogP) is 0.178. The normalized spacial score (nSPS) is 15.4. The molecule has 1 N–H and O–H groups in total. The number of nitrogens with one attached hydrogen (secondary N) is 1. The summed E-state index contributed by atoms with van der Waals surface area (Å²) in [5.41, 5.74) is 0. The van der Waals surface area contributed by atoms with Gasteiger partial charge in [-0.25, -0.2) is 8.42 Å². The fourth-order valence-electron chi connectivity index (χ4n) is 2.57. The first-order valence-electron chi connectivity index (χ1n) is 7.58. The lowest BCUT2D eigenvalue weighted by molar-refractivity contribution is -0.131.